The van der Waals surface area contributed by atoms with Gasteiger partial charge in [-0.1, -0.05) is 6.58 Å². The average molecular weight is 231 g/mol. The van der Waals surface area contributed by atoms with Gasteiger partial charge in [0, 0.05) is 6.42 Å². The fraction of sp³-hybridized carbons (Fsp3) is 0.400. The van der Waals surface area contributed by atoms with E-state index in [-0.39, 0.29) is 23.9 Å². The third kappa shape index (κ3) is 2.39. The molecule has 0 aromatic heterocycles. The van der Waals surface area contributed by atoms with Crippen LogP contribution < -0.4 is 0 Å². The topological polar surface area (TPSA) is 52.6 Å². The van der Waals surface area contributed by atoms with Gasteiger partial charge in [-0.05, 0) is 24.1 Å². The minimum Gasteiger partial charge on any atom is -0.480 e. The molecule has 5 heteroatoms. The molecule has 1 aliphatic heterocycles. The lowest BCUT2D eigenvalue weighted by Gasteiger charge is -2.09. The summed E-state index contributed by atoms with van der Waals surface area (Å²) >= 11 is 5.29. The maximum Gasteiger partial charge on any atom is 0.337 e. The zero-order valence-electron chi connectivity index (χ0n) is 8.50. The van der Waals surface area contributed by atoms with Gasteiger partial charge >= 0.3 is 5.97 Å². The number of methoxy groups -OCH3 is 1. The highest BCUT2D eigenvalue weighted by Crippen LogP contribution is 2.30. The molecule has 0 saturated heterocycles. The summed E-state index contributed by atoms with van der Waals surface area (Å²) in [6, 6.07) is 0. The maximum atomic E-state index is 11.3. The minimum atomic E-state index is -0.792. The molecule has 0 aromatic rings. The first kappa shape index (κ1) is 11.8. The molecule has 0 aliphatic carbocycles. The predicted octanol–water partition coefficient (Wildman–Crippen LogP) is 1.54. The maximum absolute atomic E-state index is 11.3. The van der Waals surface area contributed by atoms with Gasteiger partial charge in [0.1, 0.15) is 6.10 Å². The average Bonchev–Trinajstić information content (AvgIpc) is 2.61. The second kappa shape index (κ2) is 4.49. The first-order chi connectivity index (χ1) is 6.97. The largest absolute Gasteiger partial charge is 0.480 e. The second-order valence-corrected chi connectivity index (χ2v) is 3.57. The van der Waals surface area contributed by atoms with E-state index in [0.717, 1.165) is 5.57 Å². The third-order valence-electron chi connectivity index (χ3n) is 2.08. The number of carbonyl (C=O) groups is 2. The predicted molar refractivity (Wildman–Crippen MR) is 54.2 cm³/mol. The summed E-state index contributed by atoms with van der Waals surface area (Å²) in [6.45, 7) is 5.44. The molecule has 0 saturated carbocycles. The van der Waals surface area contributed by atoms with E-state index in [0.29, 0.717) is 0 Å². The van der Waals surface area contributed by atoms with Gasteiger partial charge in [-0.15, -0.1) is 0 Å². The first-order valence-corrected chi connectivity index (χ1v) is 4.68. The molecule has 15 heavy (non-hydrogen) atoms. The molecule has 1 unspecified atom stereocenters. The summed E-state index contributed by atoms with van der Waals surface area (Å²) in [5.41, 5.74) is 0.898. The minimum absolute atomic E-state index is 0.128. The quantitative estimate of drug-likeness (QED) is 0.419. The van der Waals surface area contributed by atoms with Crippen molar-refractivity contribution in [2.24, 2.45) is 0 Å². The van der Waals surface area contributed by atoms with Crippen LogP contribution in [-0.4, -0.2) is 24.4 Å². The van der Waals surface area contributed by atoms with Gasteiger partial charge in [0.05, 0.1) is 12.7 Å². The van der Waals surface area contributed by atoms with Crippen LogP contribution in [-0.2, 0) is 19.1 Å². The highest BCUT2D eigenvalue weighted by atomic mass is 35.5. The summed E-state index contributed by atoms with van der Waals surface area (Å²) in [5.74, 6) is -0.723. The van der Waals surface area contributed by atoms with Crippen LogP contribution in [0.3, 0.4) is 0 Å². The normalized spacial score (nSPS) is 19.8. The van der Waals surface area contributed by atoms with E-state index < -0.39 is 11.2 Å². The smallest absolute Gasteiger partial charge is 0.337 e. The van der Waals surface area contributed by atoms with Crippen molar-refractivity contribution in [3.05, 3.63) is 23.5 Å². The van der Waals surface area contributed by atoms with Crippen molar-refractivity contribution >= 4 is 22.8 Å². The van der Waals surface area contributed by atoms with Gasteiger partial charge in [0.2, 0.25) is 0 Å². The molecule has 0 aromatic carbocycles. The molecule has 0 amide bonds. The summed E-state index contributed by atoms with van der Waals surface area (Å²) in [4.78, 5) is 22.3. The van der Waals surface area contributed by atoms with Gasteiger partial charge in [0.25, 0.3) is 5.24 Å². The number of hydrogen-bond acceptors (Lipinski definition) is 4. The van der Waals surface area contributed by atoms with E-state index in [2.05, 4.69) is 11.3 Å². The van der Waals surface area contributed by atoms with Crippen molar-refractivity contribution in [3.8, 4) is 0 Å². The van der Waals surface area contributed by atoms with Crippen molar-refractivity contribution in [1.82, 2.24) is 0 Å². The molecule has 0 bridgehead atoms. The zero-order chi connectivity index (χ0) is 11.6. The number of halogens is 1. The third-order valence-corrected chi connectivity index (χ3v) is 2.26. The summed E-state index contributed by atoms with van der Waals surface area (Å²) in [7, 11) is 1.24. The molecular formula is C10H11ClO4. The summed E-state index contributed by atoms with van der Waals surface area (Å²) in [5, 5.41) is -0.792. The lowest BCUT2D eigenvalue weighted by atomic mass is 10.1. The van der Waals surface area contributed by atoms with E-state index in [1.807, 2.05) is 0 Å². The van der Waals surface area contributed by atoms with Gasteiger partial charge in [-0.25, -0.2) is 4.79 Å². The van der Waals surface area contributed by atoms with E-state index in [9.17, 15) is 9.59 Å². The van der Waals surface area contributed by atoms with Crippen LogP contribution in [0.4, 0.5) is 0 Å². The molecule has 0 fully saturated rings. The summed E-state index contributed by atoms with van der Waals surface area (Å²) < 4.78 is 9.74. The lowest BCUT2D eigenvalue weighted by Crippen LogP contribution is -2.09. The van der Waals surface area contributed by atoms with Crippen LogP contribution in [0.15, 0.2) is 23.5 Å². The van der Waals surface area contributed by atoms with Crippen molar-refractivity contribution in [1.29, 1.82) is 0 Å². The fourth-order valence-corrected chi connectivity index (χ4v) is 1.43. The first-order valence-electron chi connectivity index (χ1n) is 4.30. The Morgan fingerprint density at radius 3 is 2.60 bits per heavy atom. The number of ether oxygens (including phenoxy) is 2. The van der Waals surface area contributed by atoms with E-state index in [1.54, 1.807) is 6.92 Å². The Kier molecular flexibility index (Phi) is 3.52. The van der Waals surface area contributed by atoms with E-state index in [4.69, 9.17) is 16.3 Å². The van der Waals surface area contributed by atoms with Crippen molar-refractivity contribution in [2.75, 3.05) is 7.11 Å². The Morgan fingerprint density at radius 2 is 2.20 bits per heavy atom. The number of carbonyl (C=O) groups excluding carboxylic acids is 2. The Labute approximate surface area is 92.5 Å². The van der Waals surface area contributed by atoms with Crippen LogP contribution in [0, 0.1) is 0 Å². The summed E-state index contributed by atoms with van der Waals surface area (Å²) in [6.07, 6.45) is -0.104. The molecule has 1 atom stereocenters. The Bertz CT molecular complexity index is 356. The monoisotopic (exact) mass is 230 g/mol. The fourth-order valence-electron chi connectivity index (χ4n) is 1.27. The number of hydrogen-bond donors (Lipinski definition) is 0. The number of esters is 1. The standard InChI is InChI=1S/C10H11ClO4/c1-5(2)7-4-6(10(13)14-3)8(15-7)9(11)12/h7H,1,4H2,2-3H3. The van der Waals surface area contributed by atoms with Crippen LogP contribution in [0.1, 0.15) is 13.3 Å². The van der Waals surface area contributed by atoms with Gasteiger partial charge in [-0.3, -0.25) is 4.79 Å². The molecule has 4 nitrogen and oxygen atoms in total. The SMILES string of the molecule is C=C(C)C1CC(C(=O)OC)=C(C(=O)Cl)O1. The van der Waals surface area contributed by atoms with Crippen LogP contribution >= 0.6 is 11.6 Å². The van der Waals surface area contributed by atoms with Crippen molar-refractivity contribution in [2.45, 2.75) is 19.4 Å². The zero-order valence-corrected chi connectivity index (χ0v) is 9.26. The Hall–Kier alpha value is -1.29. The number of rotatable bonds is 3. The molecule has 1 aliphatic rings. The molecule has 82 valence electrons. The lowest BCUT2D eigenvalue weighted by molar-refractivity contribution is -0.136. The molecule has 1 heterocycles. The second-order valence-electron chi connectivity index (χ2n) is 3.23. The number of allylic oxidation sites excluding steroid dienone is 1. The highest BCUT2D eigenvalue weighted by molar-refractivity contribution is 6.67. The molecule has 0 spiro atoms. The molecule has 1 rings (SSSR count). The van der Waals surface area contributed by atoms with Gasteiger partial charge < -0.3 is 9.47 Å². The van der Waals surface area contributed by atoms with E-state index in [1.165, 1.54) is 7.11 Å². The van der Waals surface area contributed by atoms with Crippen molar-refractivity contribution in [3.63, 3.8) is 0 Å². The van der Waals surface area contributed by atoms with Crippen LogP contribution in [0.2, 0.25) is 0 Å². The Balaban J connectivity index is 2.96. The molecule has 0 radical (unpaired) electrons. The van der Waals surface area contributed by atoms with Crippen molar-refractivity contribution < 1.29 is 19.1 Å². The van der Waals surface area contributed by atoms with Crippen LogP contribution in [0.5, 0.6) is 0 Å². The van der Waals surface area contributed by atoms with Gasteiger partial charge in [0.15, 0.2) is 5.76 Å². The van der Waals surface area contributed by atoms with E-state index >= 15 is 0 Å². The highest BCUT2D eigenvalue weighted by Gasteiger charge is 2.34. The molecular weight excluding hydrogens is 220 g/mol. The van der Waals surface area contributed by atoms with Gasteiger partial charge in [-0.2, -0.15) is 0 Å². The Morgan fingerprint density at radius 1 is 1.60 bits per heavy atom. The van der Waals surface area contributed by atoms with Crippen LogP contribution in [0.25, 0.3) is 0 Å². The molecule has 0 N–H and O–H groups in total.